The van der Waals surface area contributed by atoms with E-state index in [0.717, 1.165) is 40.5 Å². The van der Waals surface area contributed by atoms with Crippen LogP contribution in [0.4, 0.5) is 0 Å². The highest BCUT2D eigenvalue weighted by Gasteiger charge is 2.12. The second-order valence-electron chi connectivity index (χ2n) is 5.97. The molecule has 0 spiro atoms. The smallest absolute Gasteiger partial charge is 0.343 e. The average Bonchev–Trinajstić information content (AvgIpc) is 2.98. The Morgan fingerprint density at radius 3 is 2.42 bits per heavy atom. The molecule has 0 bridgehead atoms. The first-order chi connectivity index (χ1) is 11.4. The van der Waals surface area contributed by atoms with E-state index in [1.165, 1.54) is 7.11 Å². The van der Waals surface area contributed by atoms with E-state index < -0.39 is 0 Å². The van der Waals surface area contributed by atoms with Crippen molar-refractivity contribution >= 4 is 5.97 Å². The molecule has 0 saturated heterocycles. The number of methoxy groups -OCH3 is 1. The summed E-state index contributed by atoms with van der Waals surface area (Å²) in [6.45, 7) is 8.61. The van der Waals surface area contributed by atoms with Crippen LogP contribution in [0.25, 0.3) is 0 Å². The molecule has 2 rings (SSSR count). The van der Waals surface area contributed by atoms with Crippen molar-refractivity contribution < 1.29 is 18.7 Å². The van der Waals surface area contributed by atoms with E-state index in [-0.39, 0.29) is 18.6 Å². The number of furan rings is 1. The molecular formula is C19H25NO4. The molecule has 1 aromatic heterocycles. The minimum Gasteiger partial charge on any atom is -0.481 e. The number of rotatable bonds is 7. The average molecular weight is 331 g/mol. The van der Waals surface area contributed by atoms with Gasteiger partial charge in [0.25, 0.3) is 0 Å². The van der Waals surface area contributed by atoms with Crippen LogP contribution in [0.3, 0.4) is 0 Å². The Balaban J connectivity index is 2.00. The molecule has 1 atom stereocenters. The molecule has 24 heavy (non-hydrogen) atoms. The van der Waals surface area contributed by atoms with E-state index >= 15 is 0 Å². The third-order valence-electron chi connectivity index (χ3n) is 3.88. The normalized spacial score (nSPS) is 12.0. The molecule has 1 unspecified atom stereocenters. The molecular weight excluding hydrogens is 306 g/mol. The highest BCUT2D eigenvalue weighted by molar-refractivity contribution is 5.71. The summed E-state index contributed by atoms with van der Waals surface area (Å²) in [6, 6.07) is 8.22. The maximum atomic E-state index is 11.2. The van der Waals surface area contributed by atoms with Gasteiger partial charge in [0.15, 0.2) is 6.61 Å². The van der Waals surface area contributed by atoms with Crippen LogP contribution in [-0.4, -0.2) is 19.7 Å². The lowest BCUT2D eigenvalue weighted by Gasteiger charge is -2.15. The van der Waals surface area contributed by atoms with E-state index in [1.807, 2.05) is 32.9 Å². The fraction of sp³-hybridized carbons (Fsp3) is 0.421. The molecule has 0 aliphatic rings. The Morgan fingerprint density at radius 2 is 1.88 bits per heavy atom. The fourth-order valence-corrected chi connectivity index (χ4v) is 2.62. The molecule has 1 N–H and O–H groups in total. The predicted molar refractivity (Wildman–Crippen MR) is 92.1 cm³/mol. The van der Waals surface area contributed by atoms with E-state index in [0.29, 0.717) is 0 Å². The van der Waals surface area contributed by atoms with Crippen molar-refractivity contribution in [3.8, 4) is 5.75 Å². The van der Waals surface area contributed by atoms with Crippen molar-refractivity contribution in [1.82, 2.24) is 5.32 Å². The molecule has 0 saturated carbocycles. The number of nitrogens with one attached hydrogen (secondary N) is 1. The maximum Gasteiger partial charge on any atom is 0.343 e. The summed E-state index contributed by atoms with van der Waals surface area (Å²) >= 11 is 0. The molecule has 1 aromatic carbocycles. The van der Waals surface area contributed by atoms with Gasteiger partial charge in [-0.2, -0.15) is 0 Å². The second-order valence-corrected chi connectivity index (χ2v) is 5.97. The number of carbonyl (C=O) groups is 1. The summed E-state index contributed by atoms with van der Waals surface area (Å²) < 4.78 is 15.8. The topological polar surface area (TPSA) is 60.7 Å². The van der Waals surface area contributed by atoms with Crippen LogP contribution in [0.1, 0.15) is 41.2 Å². The zero-order valence-electron chi connectivity index (χ0n) is 14.9. The Bertz CT molecular complexity index is 682. The van der Waals surface area contributed by atoms with E-state index in [1.54, 1.807) is 0 Å². The third-order valence-corrected chi connectivity index (χ3v) is 3.88. The number of carbonyl (C=O) groups excluding carboxylic acids is 1. The third kappa shape index (κ3) is 4.61. The van der Waals surface area contributed by atoms with Crippen LogP contribution in [-0.2, 0) is 16.1 Å². The van der Waals surface area contributed by atoms with Gasteiger partial charge in [0.1, 0.15) is 17.3 Å². The number of ether oxygens (including phenoxy) is 2. The lowest BCUT2D eigenvalue weighted by Crippen LogP contribution is -2.18. The summed E-state index contributed by atoms with van der Waals surface area (Å²) in [7, 11) is 1.35. The van der Waals surface area contributed by atoms with Gasteiger partial charge >= 0.3 is 5.97 Å². The van der Waals surface area contributed by atoms with Gasteiger partial charge in [-0.1, -0.05) is 12.1 Å². The minimum atomic E-state index is -0.387. The van der Waals surface area contributed by atoms with Crippen molar-refractivity contribution in [3.05, 3.63) is 52.5 Å². The van der Waals surface area contributed by atoms with Crippen molar-refractivity contribution in [2.75, 3.05) is 13.7 Å². The zero-order valence-corrected chi connectivity index (χ0v) is 14.9. The summed E-state index contributed by atoms with van der Waals surface area (Å²) in [4.78, 5) is 11.2. The quantitative estimate of drug-likeness (QED) is 0.785. The van der Waals surface area contributed by atoms with E-state index in [4.69, 9.17) is 9.15 Å². The number of esters is 1. The molecule has 0 fully saturated rings. The van der Waals surface area contributed by atoms with Crippen LogP contribution < -0.4 is 10.1 Å². The molecule has 2 aromatic rings. The van der Waals surface area contributed by atoms with E-state index in [9.17, 15) is 4.79 Å². The molecule has 5 heteroatoms. The Kier molecular flexibility index (Phi) is 6.04. The standard InChI is InChI=1S/C19H25NO4/c1-12-8-16(9-13(2)19(12)23-11-18(21)22-5)10-20-15(4)17-7-6-14(3)24-17/h6-9,15,20H,10-11H2,1-5H3. The van der Waals surface area contributed by atoms with Crippen LogP contribution in [0.15, 0.2) is 28.7 Å². The van der Waals surface area contributed by atoms with Gasteiger partial charge in [-0.3, -0.25) is 0 Å². The minimum absolute atomic E-state index is 0.0787. The molecule has 0 aliphatic carbocycles. The number of benzene rings is 1. The maximum absolute atomic E-state index is 11.2. The van der Waals surface area contributed by atoms with Crippen LogP contribution in [0.5, 0.6) is 5.75 Å². The molecule has 130 valence electrons. The number of hydrogen-bond donors (Lipinski definition) is 1. The molecule has 0 aliphatic heterocycles. The lowest BCUT2D eigenvalue weighted by atomic mass is 10.1. The SMILES string of the molecule is COC(=O)COc1c(C)cc(CNC(C)c2ccc(C)o2)cc1C. The van der Waals surface area contributed by atoms with Gasteiger partial charge in [-0.05, 0) is 56.5 Å². The van der Waals surface area contributed by atoms with Crippen molar-refractivity contribution in [2.24, 2.45) is 0 Å². The van der Waals surface area contributed by atoms with Crippen molar-refractivity contribution in [1.29, 1.82) is 0 Å². The number of hydrogen-bond acceptors (Lipinski definition) is 5. The first kappa shape index (κ1) is 18.1. The zero-order chi connectivity index (χ0) is 17.7. The fourth-order valence-electron chi connectivity index (χ4n) is 2.62. The van der Waals surface area contributed by atoms with Crippen molar-refractivity contribution in [2.45, 2.75) is 40.3 Å². The molecule has 0 amide bonds. The van der Waals surface area contributed by atoms with Crippen LogP contribution in [0, 0.1) is 20.8 Å². The van der Waals surface area contributed by atoms with Crippen molar-refractivity contribution in [3.63, 3.8) is 0 Å². The molecule has 5 nitrogen and oxygen atoms in total. The monoisotopic (exact) mass is 331 g/mol. The van der Waals surface area contributed by atoms with Crippen LogP contribution in [0.2, 0.25) is 0 Å². The van der Waals surface area contributed by atoms with Gasteiger partial charge in [-0.25, -0.2) is 4.79 Å². The Morgan fingerprint density at radius 1 is 1.21 bits per heavy atom. The summed E-state index contributed by atoms with van der Waals surface area (Å²) in [6.07, 6.45) is 0. The second kappa shape index (κ2) is 8.02. The summed E-state index contributed by atoms with van der Waals surface area (Å²) in [5, 5.41) is 3.45. The Labute approximate surface area is 143 Å². The first-order valence-electron chi connectivity index (χ1n) is 8.00. The first-order valence-corrected chi connectivity index (χ1v) is 8.00. The van der Waals surface area contributed by atoms with E-state index in [2.05, 4.69) is 29.1 Å². The molecule has 1 heterocycles. The van der Waals surface area contributed by atoms with Gasteiger partial charge < -0.3 is 19.2 Å². The van der Waals surface area contributed by atoms with Gasteiger partial charge in [0.2, 0.25) is 0 Å². The predicted octanol–water partition coefficient (Wildman–Crippen LogP) is 3.61. The van der Waals surface area contributed by atoms with Gasteiger partial charge in [-0.15, -0.1) is 0 Å². The highest BCUT2D eigenvalue weighted by Crippen LogP contribution is 2.25. The largest absolute Gasteiger partial charge is 0.481 e. The number of aryl methyl sites for hydroxylation is 3. The van der Waals surface area contributed by atoms with Crippen LogP contribution >= 0.6 is 0 Å². The highest BCUT2D eigenvalue weighted by atomic mass is 16.6. The summed E-state index contributed by atoms with van der Waals surface area (Å²) in [5.74, 6) is 2.19. The lowest BCUT2D eigenvalue weighted by molar-refractivity contribution is -0.142. The summed E-state index contributed by atoms with van der Waals surface area (Å²) in [5.41, 5.74) is 3.15. The van der Waals surface area contributed by atoms with Gasteiger partial charge in [0.05, 0.1) is 13.2 Å². The molecule has 0 radical (unpaired) electrons. The van der Waals surface area contributed by atoms with Gasteiger partial charge in [0, 0.05) is 6.54 Å². The Hall–Kier alpha value is -2.27.